The molecule has 0 amide bonds. The Hall–Kier alpha value is -3.04. The molecule has 29 heavy (non-hydrogen) atoms. The van der Waals surface area contributed by atoms with E-state index in [-0.39, 0.29) is 12.1 Å². The van der Waals surface area contributed by atoms with E-state index < -0.39 is 18.0 Å². The van der Waals surface area contributed by atoms with Crippen molar-refractivity contribution >= 4 is 22.8 Å². The molecule has 1 aliphatic rings. The van der Waals surface area contributed by atoms with Gasteiger partial charge in [0, 0.05) is 37.6 Å². The third-order valence-electron chi connectivity index (χ3n) is 4.77. The largest absolute Gasteiger partial charge is 0.433 e. The molecule has 3 aromatic heterocycles. The van der Waals surface area contributed by atoms with E-state index in [9.17, 15) is 17.6 Å². The average Bonchev–Trinajstić information content (AvgIpc) is 2.72. The van der Waals surface area contributed by atoms with Crippen molar-refractivity contribution in [1.82, 2.24) is 19.9 Å². The van der Waals surface area contributed by atoms with E-state index in [1.165, 1.54) is 12.1 Å². The van der Waals surface area contributed by atoms with Crippen LogP contribution < -0.4 is 10.2 Å². The predicted molar refractivity (Wildman–Crippen MR) is 100 cm³/mol. The molecule has 3 aromatic rings. The number of pyridine rings is 2. The molecule has 1 fully saturated rings. The van der Waals surface area contributed by atoms with Crippen LogP contribution in [-0.2, 0) is 12.7 Å². The van der Waals surface area contributed by atoms with Gasteiger partial charge in [-0.2, -0.15) is 23.1 Å². The fourth-order valence-corrected chi connectivity index (χ4v) is 3.29. The zero-order valence-electron chi connectivity index (χ0n) is 15.3. The van der Waals surface area contributed by atoms with Crippen molar-refractivity contribution in [1.29, 1.82) is 0 Å². The Kier molecular flexibility index (Phi) is 5.16. The van der Waals surface area contributed by atoms with Gasteiger partial charge in [-0.3, -0.25) is 4.98 Å². The molecule has 0 aliphatic carbocycles. The summed E-state index contributed by atoms with van der Waals surface area (Å²) in [4.78, 5) is 18.5. The summed E-state index contributed by atoms with van der Waals surface area (Å²) in [5.41, 5.74) is -0.505. The van der Waals surface area contributed by atoms with Gasteiger partial charge in [-0.15, -0.1) is 0 Å². The second-order valence-corrected chi connectivity index (χ2v) is 6.77. The molecule has 0 atom stereocenters. The Bertz CT molecular complexity index is 1000. The zero-order chi connectivity index (χ0) is 20.4. The monoisotopic (exact) mass is 406 g/mol. The van der Waals surface area contributed by atoms with Gasteiger partial charge in [-0.25, -0.2) is 9.37 Å². The number of piperidine rings is 1. The lowest BCUT2D eigenvalue weighted by Gasteiger charge is -2.29. The van der Waals surface area contributed by atoms with Crippen LogP contribution >= 0.6 is 0 Å². The highest BCUT2D eigenvalue weighted by molar-refractivity contribution is 5.87. The van der Waals surface area contributed by atoms with Gasteiger partial charge in [0.05, 0.1) is 5.39 Å². The van der Waals surface area contributed by atoms with Crippen LogP contribution in [0.1, 0.15) is 24.1 Å². The summed E-state index contributed by atoms with van der Waals surface area (Å²) < 4.78 is 53.1. The van der Waals surface area contributed by atoms with E-state index in [1.54, 1.807) is 18.3 Å². The summed E-state index contributed by atoms with van der Waals surface area (Å²) in [6.07, 6.45) is -1.92. The Balaban J connectivity index is 1.65. The number of halogens is 4. The van der Waals surface area contributed by atoms with Crippen molar-refractivity contribution in [2.45, 2.75) is 31.7 Å². The van der Waals surface area contributed by atoms with Gasteiger partial charge in [0.15, 0.2) is 5.65 Å². The van der Waals surface area contributed by atoms with Crippen LogP contribution in [0.15, 0.2) is 36.7 Å². The molecule has 0 aromatic carbocycles. The van der Waals surface area contributed by atoms with Gasteiger partial charge < -0.3 is 10.2 Å². The van der Waals surface area contributed by atoms with Crippen molar-refractivity contribution in [2.24, 2.45) is 0 Å². The molecule has 0 bridgehead atoms. The zero-order valence-corrected chi connectivity index (χ0v) is 15.3. The standard InChI is InChI=1S/C19H18F4N6/c20-13-5-9-29(10-6-13)18-27-16-14(4-2-8-25-16)17(28-18)26-11-12-3-1-7-24-15(12)19(21,22)23/h1-4,7-8,13H,5-6,9-11H2,(H,25,26,27,28). The van der Waals surface area contributed by atoms with Gasteiger partial charge in [0.1, 0.15) is 17.7 Å². The van der Waals surface area contributed by atoms with Gasteiger partial charge in [-0.05, 0) is 31.0 Å². The Morgan fingerprint density at radius 3 is 2.52 bits per heavy atom. The molecule has 1 aliphatic heterocycles. The first-order valence-electron chi connectivity index (χ1n) is 9.18. The van der Waals surface area contributed by atoms with Gasteiger partial charge in [0.25, 0.3) is 0 Å². The first kappa shape index (κ1) is 19.3. The summed E-state index contributed by atoms with van der Waals surface area (Å²) in [5.74, 6) is 0.755. The number of aromatic nitrogens is 4. The molecule has 6 nitrogen and oxygen atoms in total. The highest BCUT2D eigenvalue weighted by atomic mass is 19.4. The van der Waals surface area contributed by atoms with Crippen LogP contribution in [0.5, 0.6) is 0 Å². The third kappa shape index (κ3) is 4.20. The fourth-order valence-electron chi connectivity index (χ4n) is 3.29. The minimum atomic E-state index is -4.55. The predicted octanol–water partition coefficient (Wildman–Crippen LogP) is 3.99. The summed E-state index contributed by atoms with van der Waals surface area (Å²) >= 11 is 0. The maximum absolute atomic E-state index is 13.5. The lowest BCUT2D eigenvalue weighted by atomic mass is 10.1. The number of hydrogen-bond donors (Lipinski definition) is 1. The first-order valence-corrected chi connectivity index (χ1v) is 9.18. The van der Waals surface area contributed by atoms with E-state index in [0.29, 0.717) is 48.7 Å². The number of hydrogen-bond acceptors (Lipinski definition) is 6. The number of nitrogens with one attached hydrogen (secondary N) is 1. The molecule has 1 saturated heterocycles. The van der Waals surface area contributed by atoms with Gasteiger partial charge in [0.2, 0.25) is 5.95 Å². The maximum Gasteiger partial charge on any atom is 0.433 e. The van der Waals surface area contributed by atoms with E-state index in [1.807, 2.05) is 4.90 Å². The van der Waals surface area contributed by atoms with Crippen LogP contribution in [0, 0.1) is 0 Å². The molecule has 0 unspecified atom stereocenters. The van der Waals surface area contributed by atoms with Crippen molar-refractivity contribution in [2.75, 3.05) is 23.3 Å². The number of rotatable bonds is 4. The van der Waals surface area contributed by atoms with E-state index in [4.69, 9.17) is 0 Å². The summed E-state index contributed by atoms with van der Waals surface area (Å²) in [7, 11) is 0. The molecular formula is C19H18F4N6. The molecule has 0 spiro atoms. The average molecular weight is 406 g/mol. The Morgan fingerprint density at radius 1 is 1.03 bits per heavy atom. The highest BCUT2D eigenvalue weighted by Gasteiger charge is 2.35. The summed E-state index contributed by atoms with van der Waals surface area (Å²) in [6, 6.07) is 6.28. The fraction of sp³-hybridized carbons (Fsp3) is 0.368. The highest BCUT2D eigenvalue weighted by Crippen LogP contribution is 2.31. The minimum absolute atomic E-state index is 0.00967. The number of nitrogens with zero attached hydrogens (tertiary/aromatic N) is 5. The van der Waals surface area contributed by atoms with Crippen molar-refractivity contribution < 1.29 is 17.6 Å². The van der Waals surface area contributed by atoms with E-state index >= 15 is 0 Å². The Labute approximate surface area is 164 Å². The SMILES string of the molecule is FC1CCN(c2nc(NCc3cccnc3C(F)(F)F)c3cccnc3n2)CC1. The Morgan fingerprint density at radius 2 is 1.76 bits per heavy atom. The van der Waals surface area contributed by atoms with Crippen molar-refractivity contribution in [3.05, 3.63) is 47.9 Å². The van der Waals surface area contributed by atoms with Crippen molar-refractivity contribution in [3.63, 3.8) is 0 Å². The van der Waals surface area contributed by atoms with Crippen LogP contribution in [0.2, 0.25) is 0 Å². The topological polar surface area (TPSA) is 66.8 Å². The van der Waals surface area contributed by atoms with E-state index in [2.05, 4.69) is 25.3 Å². The minimum Gasteiger partial charge on any atom is -0.365 e. The van der Waals surface area contributed by atoms with Crippen molar-refractivity contribution in [3.8, 4) is 0 Å². The molecule has 0 saturated carbocycles. The maximum atomic E-state index is 13.5. The first-order chi connectivity index (χ1) is 13.9. The summed E-state index contributed by atoms with van der Waals surface area (Å²) in [6.45, 7) is 0.829. The lowest BCUT2D eigenvalue weighted by Crippen LogP contribution is -2.35. The lowest BCUT2D eigenvalue weighted by molar-refractivity contribution is -0.141. The van der Waals surface area contributed by atoms with Gasteiger partial charge >= 0.3 is 6.18 Å². The van der Waals surface area contributed by atoms with Crippen LogP contribution in [0.25, 0.3) is 11.0 Å². The molecule has 1 N–H and O–H groups in total. The second kappa shape index (κ2) is 7.76. The van der Waals surface area contributed by atoms with Gasteiger partial charge in [-0.1, -0.05) is 6.07 Å². The van der Waals surface area contributed by atoms with Crippen LogP contribution in [0.3, 0.4) is 0 Å². The smallest absolute Gasteiger partial charge is 0.365 e. The summed E-state index contributed by atoms with van der Waals surface area (Å²) in [5, 5.41) is 3.56. The second-order valence-electron chi connectivity index (χ2n) is 6.77. The van der Waals surface area contributed by atoms with Crippen LogP contribution in [0.4, 0.5) is 29.3 Å². The van der Waals surface area contributed by atoms with E-state index in [0.717, 1.165) is 6.20 Å². The molecule has 152 valence electrons. The molecule has 4 heterocycles. The number of anilines is 2. The molecule has 0 radical (unpaired) electrons. The number of alkyl halides is 4. The molecular weight excluding hydrogens is 388 g/mol. The molecule has 10 heteroatoms. The normalized spacial score (nSPS) is 15.7. The molecule has 4 rings (SSSR count). The third-order valence-corrected chi connectivity index (χ3v) is 4.77. The quantitative estimate of drug-likeness (QED) is 0.661. The number of fused-ring (bicyclic) bond motifs is 1. The van der Waals surface area contributed by atoms with Crippen LogP contribution in [-0.4, -0.2) is 39.2 Å².